The third-order valence-electron chi connectivity index (χ3n) is 2.21. The van der Waals surface area contributed by atoms with Crippen molar-refractivity contribution in [1.29, 1.82) is 0 Å². The van der Waals surface area contributed by atoms with Crippen molar-refractivity contribution in [2.24, 2.45) is 0 Å². The molecule has 0 amide bonds. The number of hydrogen-bond donors (Lipinski definition) is 2. The summed E-state index contributed by atoms with van der Waals surface area (Å²) >= 11 is 5.88. The van der Waals surface area contributed by atoms with E-state index in [0.29, 0.717) is 10.7 Å². The highest BCUT2D eigenvalue weighted by Crippen LogP contribution is 2.25. The molecule has 0 spiro atoms. The van der Waals surface area contributed by atoms with E-state index in [1.165, 1.54) is 18.3 Å². The maximum atomic E-state index is 12.1. The molecule has 18 heavy (non-hydrogen) atoms. The summed E-state index contributed by atoms with van der Waals surface area (Å²) in [7, 11) is -3.79. The first-order valence-electron chi connectivity index (χ1n) is 4.98. The van der Waals surface area contributed by atoms with Crippen LogP contribution in [0, 0.1) is 0 Å². The number of nitrogens with two attached hydrogens (primary N) is 1. The molecule has 0 fully saturated rings. The molecule has 94 valence electrons. The zero-order valence-electron chi connectivity index (χ0n) is 9.17. The maximum absolute atomic E-state index is 12.1. The highest BCUT2D eigenvalue weighted by atomic mass is 35.5. The molecule has 1 aromatic carbocycles. The monoisotopic (exact) mass is 283 g/mol. The van der Waals surface area contributed by atoms with E-state index in [2.05, 4.69) is 9.71 Å². The summed E-state index contributed by atoms with van der Waals surface area (Å²) in [5, 5.41) is 0.309. The van der Waals surface area contributed by atoms with E-state index >= 15 is 0 Å². The van der Waals surface area contributed by atoms with Crippen LogP contribution in [-0.2, 0) is 10.0 Å². The average molecular weight is 284 g/mol. The van der Waals surface area contributed by atoms with E-state index in [9.17, 15) is 8.42 Å². The van der Waals surface area contributed by atoms with Gasteiger partial charge in [0, 0.05) is 6.20 Å². The van der Waals surface area contributed by atoms with Gasteiger partial charge in [-0.15, -0.1) is 0 Å². The normalized spacial score (nSPS) is 11.2. The summed E-state index contributed by atoms with van der Waals surface area (Å²) in [4.78, 5) is 3.66. The average Bonchev–Trinajstić information content (AvgIpc) is 2.32. The number of aromatic nitrogens is 1. The zero-order chi connectivity index (χ0) is 13.2. The van der Waals surface area contributed by atoms with Gasteiger partial charge in [0.2, 0.25) is 0 Å². The largest absolute Gasteiger partial charge is 0.383 e. The Morgan fingerprint density at radius 3 is 2.56 bits per heavy atom. The second-order valence-electron chi connectivity index (χ2n) is 3.47. The van der Waals surface area contributed by atoms with E-state index < -0.39 is 10.0 Å². The Balaban J connectivity index is 2.40. The van der Waals surface area contributed by atoms with Crippen LogP contribution in [0.4, 0.5) is 11.5 Å². The zero-order valence-corrected chi connectivity index (χ0v) is 10.7. The number of hydrogen-bond acceptors (Lipinski definition) is 4. The number of anilines is 2. The summed E-state index contributed by atoms with van der Waals surface area (Å²) in [6.45, 7) is 0. The SMILES string of the molecule is Nc1ncccc1S(=O)(=O)Nc1ccccc1Cl. The van der Waals surface area contributed by atoms with E-state index in [-0.39, 0.29) is 10.7 Å². The number of pyridine rings is 1. The molecule has 2 aromatic rings. The predicted octanol–water partition coefficient (Wildman–Crippen LogP) is 2.12. The Morgan fingerprint density at radius 2 is 1.89 bits per heavy atom. The van der Waals surface area contributed by atoms with Crippen molar-refractivity contribution in [2.75, 3.05) is 10.5 Å². The Hall–Kier alpha value is -1.79. The number of halogens is 1. The smallest absolute Gasteiger partial charge is 0.265 e. The molecule has 0 saturated carbocycles. The van der Waals surface area contributed by atoms with Crippen LogP contribution in [0.1, 0.15) is 0 Å². The van der Waals surface area contributed by atoms with Crippen LogP contribution in [0.3, 0.4) is 0 Å². The minimum absolute atomic E-state index is 0.0583. The summed E-state index contributed by atoms with van der Waals surface area (Å²) < 4.78 is 26.5. The topological polar surface area (TPSA) is 85.1 Å². The lowest BCUT2D eigenvalue weighted by molar-refractivity contribution is 0.601. The molecule has 3 N–H and O–H groups in total. The van der Waals surface area contributed by atoms with Crippen molar-refractivity contribution in [3.05, 3.63) is 47.6 Å². The van der Waals surface area contributed by atoms with Gasteiger partial charge in [-0.1, -0.05) is 23.7 Å². The molecule has 0 aliphatic rings. The van der Waals surface area contributed by atoms with E-state index in [0.717, 1.165) is 0 Å². The fourth-order valence-corrected chi connectivity index (χ4v) is 2.78. The first-order valence-corrected chi connectivity index (χ1v) is 6.84. The van der Waals surface area contributed by atoms with Crippen LogP contribution >= 0.6 is 11.6 Å². The minimum atomic E-state index is -3.79. The van der Waals surface area contributed by atoms with Crippen LogP contribution < -0.4 is 10.5 Å². The van der Waals surface area contributed by atoms with Crippen LogP contribution in [0.25, 0.3) is 0 Å². The molecule has 1 heterocycles. The first kappa shape index (κ1) is 12.7. The van der Waals surface area contributed by atoms with E-state index in [4.69, 9.17) is 17.3 Å². The van der Waals surface area contributed by atoms with Gasteiger partial charge in [0.15, 0.2) is 0 Å². The van der Waals surface area contributed by atoms with E-state index in [1.807, 2.05) is 0 Å². The molecule has 7 heteroatoms. The van der Waals surface area contributed by atoms with Crippen LogP contribution in [0.15, 0.2) is 47.5 Å². The number of nitrogens with one attached hydrogen (secondary N) is 1. The van der Waals surface area contributed by atoms with Crippen LogP contribution in [0.5, 0.6) is 0 Å². The van der Waals surface area contributed by atoms with Gasteiger partial charge in [-0.2, -0.15) is 0 Å². The molecule has 0 radical (unpaired) electrons. The highest BCUT2D eigenvalue weighted by Gasteiger charge is 2.18. The molecule has 1 aromatic heterocycles. The number of benzene rings is 1. The second-order valence-corrected chi connectivity index (χ2v) is 5.53. The quantitative estimate of drug-likeness (QED) is 0.903. The molecule has 0 saturated heterocycles. The van der Waals surface area contributed by atoms with Crippen LogP contribution in [0.2, 0.25) is 5.02 Å². The minimum Gasteiger partial charge on any atom is -0.383 e. The van der Waals surface area contributed by atoms with Crippen molar-refractivity contribution >= 4 is 33.1 Å². The van der Waals surface area contributed by atoms with Crippen molar-refractivity contribution < 1.29 is 8.42 Å². The van der Waals surface area contributed by atoms with Crippen LogP contribution in [-0.4, -0.2) is 13.4 Å². The number of para-hydroxylation sites is 1. The second kappa shape index (κ2) is 4.83. The highest BCUT2D eigenvalue weighted by molar-refractivity contribution is 7.92. The summed E-state index contributed by atoms with van der Waals surface area (Å²) in [5.74, 6) is -0.0583. The standard InChI is InChI=1S/C11H10ClN3O2S/c12-8-4-1-2-5-9(8)15-18(16,17)10-6-3-7-14-11(10)13/h1-7,15H,(H2,13,14). The molecular weight excluding hydrogens is 274 g/mol. The summed E-state index contributed by atoms with van der Waals surface area (Å²) in [5.41, 5.74) is 5.83. The number of nitrogens with zero attached hydrogens (tertiary/aromatic N) is 1. The lowest BCUT2D eigenvalue weighted by atomic mass is 10.3. The molecular formula is C11H10ClN3O2S. The number of nitrogen functional groups attached to an aromatic ring is 1. The van der Waals surface area contributed by atoms with Crippen molar-refractivity contribution in [1.82, 2.24) is 4.98 Å². The number of sulfonamides is 1. The van der Waals surface area contributed by atoms with Gasteiger partial charge < -0.3 is 5.73 Å². The van der Waals surface area contributed by atoms with Gasteiger partial charge in [-0.25, -0.2) is 13.4 Å². The third kappa shape index (κ3) is 2.55. The Kier molecular flexibility index (Phi) is 3.40. The molecule has 5 nitrogen and oxygen atoms in total. The molecule has 0 aliphatic carbocycles. The van der Waals surface area contributed by atoms with E-state index in [1.54, 1.807) is 24.3 Å². The molecule has 0 bridgehead atoms. The fourth-order valence-electron chi connectivity index (χ4n) is 1.37. The number of rotatable bonds is 3. The lowest BCUT2D eigenvalue weighted by Gasteiger charge is -2.10. The van der Waals surface area contributed by atoms with Gasteiger partial charge in [0.1, 0.15) is 10.7 Å². The molecule has 0 aliphatic heterocycles. The van der Waals surface area contributed by atoms with Gasteiger partial charge in [0.05, 0.1) is 10.7 Å². The fraction of sp³-hybridized carbons (Fsp3) is 0. The van der Waals surface area contributed by atoms with Crippen molar-refractivity contribution in [2.45, 2.75) is 4.90 Å². The Bertz CT molecular complexity index is 673. The van der Waals surface area contributed by atoms with Crippen molar-refractivity contribution in [3.8, 4) is 0 Å². The van der Waals surface area contributed by atoms with Gasteiger partial charge in [0.25, 0.3) is 10.0 Å². The first-order chi connectivity index (χ1) is 8.50. The van der Waals surface area contributed by atoms with Gasteiger partial charge in [-0.05, 0) is 24.3 Å². The predicted molar refractivity (Wildman–Crippen MR) is 70.9 cm³/mol. The third-order valence-corrected chi connectivity index (χ3v) is 3.95. The Labute approximate surface area is 110 Å². The summed E-state index contributed by atoms with van der Waals surface area (Å²) in [6.07, 6.45) is 1.42. The van der Waals surface area contributed by atoms with Gasteiger partial charge in [-0.3, -0.25) is 4.72 Å². The lowest BCUT2D eigenvalue weighted by Crippen LogP contribution is -2.15. The Morgan fingerprint density at radius 1 is 1.17 bits per heavy atom. The molecule has 0 atom stereocenters. The summed E-state index contributed by atoms with van der Waals surface area (Å²) in [6, 6.07) is 9.41. The van der Waals surface area contributed by atoms with Gasteiger partial charge >= 0.3 is 0 Å². The molecule has 2 rings (SSSR count). The maximum Gasteiger partial charge on any atom is 0.265 e. The molecule has 0 unspecified atom stereocenters. The van der Waals surface area contributed by atoms with Crippen molar-refractivity contribution in [3.63, 3.8) is 0 Å².